The van der Waals surface area contributed by atoms with Crippen LogP contribution >= 0.6 is 11.6 Å². The molecule has 0 saturated carbocycles. The van der Waals surface area contributed by atoms with Gasteiger partial charge in [0, 0.05) is 44.6 Å². The molecule has 3 heterocycles. The van der Waals surface area contributed by atoms with Gasteiger partial charge in [0.05, 0.1) is 11.9 Å². The van der Waals surface area contributed by atoms with Crippen LogP contribution in [0.4, 0.5) is 5.69 Å². The highest BCUT2D eigenvalue weighted by molar-refractivity contribution is 7.90. The van der Waals surface area contributed by atoms with E-state index in [2.05, 4.69) is 10.1 Å². The summed E-state index contributed by atoms with van der Waals surface area (Å²) in [4.78, 5) is 3.97. The molecule has 1 aliphatic rings. The van der Waals surface area contributed by atoms with Crippen LogP contribution in [0, 0.1) is 0 Å². The van der Waals surface area contributed by atoms with Gasteiger partial charge in [0.1, 0.15) is 5.15 Å². The molecule has 0 aromatic carbocycles. The summed E-state index contributed by atoms with van der Waals surface area (Å²) in [6.45, 7) is 1.01. The van der Waals surface area contributed by atoms with E-state index in [9.17, 15) is 8.42 Å². The van der Waals surface area contributed by atoms with E-state index in [1.54, 1.807) is 36.3 Å². The van der Waals surface area contributed by atoms with Gasteiger partial charge in [-0.3, -0.25) is 8.99 Å². The van der Waals surface area contributed by atoms with Crippen molar-refractivity contribution in [3.8, 4) is 0 Å². The standard InChI is InChI=1S/C12H14ClN5O2S/c1-16-9-11(7-15-16)18-6-5-17(21(18,19)20)8-10-3-2-4-14-12(10)13/h2-4,7,9H,5-6,8H2,1H3. The largest absolute Gasteiger partial charge is 0.304 e. The molecule has 0 bridgehead atoms. The molecule has 1 fully saturated rings. The van der Waals surface area contributed by atoms with Gasteiger partial charge in [-0.2, -0.15) is 17.8 Å². The Kier molecular flexibility index (Phi) is 3.60. The van der Waals surface area contributed by atoms with E-state index >= 15 is 0 Å². The molecule has 0 aliphatic carbocycles. The summed E-state index contributed by atoms with van der Waals surface area (Å²) < 4.78 is 29.5. The summed E-state index contributed by atoms with van der Waals surface area (Å²) >= 11 is 5.99. The minimum atomic E-state index is -3.56. The van der Waals surface area contributed by atoms with Gasteiger partial charge in [-0.05, 0) is 6.07 Å². The molecule has 7 nitrogen and oxygen atoms in total. The van der Waals surface area contributed by atoms with Crippen molar-refractivity contribution >= 4 is 27.5 Å². The van der Waals surface area contributed by atoms with Crippen LogP contribution < -0.4 is 4.31 Å². The van der Waals surface area contributed by atoms with Crippen molar-refractivity contribution in [3.05, 3.63) is 41.4 Å². The monoisotopic (exact) mass is 327 g/mol. The summed E-state index contributed by atoms with van der Waals surface area (Å²) in [6.07, 6.45) is 4.79. The summed E-state index contributed by atoms with van der Waals surface area (Å²) in [5.74, 6) is 0. The van der Waals surface area contributed by atoms with Crippen molar-refractivity contribution in [3.63, 3.8) is 0 Å². The first-order chi connectivity index (χ1) is 9.98. The smallest absolute Gasteiger partial charge is 0.274 e. The Hall–Kier alpha value is -1.64. The first kappa shape index (κ1) is 14.3. The zero-order valence-electron chi connectivity index (χ0n) is 11.3. The number of hydrogen-bond donors (Lipinski definition) is 0. The lowest BCUT2D eigenvalue weighted by molar-refractivity contribution is 0.445. The van der Waals surface area contributed by atoms with Crippen LogP contribution in [-0.2, 0) is 23.8 Å². The number of hydrogen-bond acceptors (Lipinski definition) is 4. The topological polar surface area (TPSA) is 71.3 Å². The Balaban J connectivity index is 1.85. The predicted molar refractivity (Wildman–Crippen MR) is 79.1 cm³/mol. The van der Waals surface area contributed by atoms with Crippen LogP contribution in [0.25, 0.3) is 0 Å². The molecule has 1 aliphatic heterocycles. The third-order valence-electron chi connectivity index (χ3n) is 3.32. The van der Waals surface area contributed by atoms with Crippen LogP contribution in [0.15, 0.2) is 30.7 Å². The Bertz CT molecular complexity index is 761. The Labute approximate surface area is 127 Å². The second-order valence-electron chi connectivity index (χ2n) is 4.74. The molecule has 2 aromatic rings. The van der Waals surface area contributed by atoms with E-state index < -0.39 is 10.2 Å². The minimum Gasteiger partial charge on any atom is -0.274 e. The van der Waals surface area contributed by atoms with Crippen LogP contribution in [0.3, 0.4) is 0 Å². The van der Waals surface area contributed by atoms with Crippen molar-refractivity contribution in [2.45, 2.75) is 6.54 Å². The molecule has 0 spiro atoms. The van der Waals surface area contributed by atoms with Crippen LogP contribution in [0.2, 0.25) is 5.15 Å². The van der Waals surface area contributed by atoms with E-state index in [0.29, 0.717) is 29.5 Å². The Morgan fingerprint density at radius 2 is 2.19 bits per heavy atom. The van der Waals surface area contributed by atoms with Crippen molar-refractivity contribution in [2.24, 2.45) is 7.05 Å². The third kappa shape index (κ3) is 2.61. The molecule has 21 heavy (non-hydrogen) atoms. The maximum Gasteiger partial charge on any atom is 0.304 e. The van der Waals surface area contributed by atoms with Crippen molar-refractivity contribution in [1.29, 1.82) is 0 Å². The Morgan fingerprint density at radius 1 is 1.38 bits per heavy atom. The molecular formula is C12H14ClN5O2S. The molecule has 2 aromatic heterocycles. The average molecular weight is 328 g/mol. The lowest BCUT2D eigenvalue weighted by Gasteiger charge is -2.18. The number of aryl methyl sites for hydroxylation is 1. The second-order valence-corrected chi connectivity index (χ2v) is 6.95. The van der Waals surface area contributed by atoms with Crippen LogP contribution in [0.1, 0.15) is 5.56 Å². The average Bonchev–Trinajstić information content (AvgIpc) is 2.97. The predicted octanol–water partition coefficient (Wildman–Crippen LogP) is 1.04. The maximum atomic E-state index is 12.6. The van der Waals surface area contributed by atoms with Gasteiger partial charge in [0.15, 0.2) is 0 Å². The van der Waals surface area contributed by atoms with Crippen molar-refractivity contribution in [1.82, 2.24) is 19.1 Å². The fourth-order valence-electron chi connectivity index (χ4n) is 2.26. The molecule has 0 radical (unpaired) electrons. The minimum absolute atomic E-state index is 0.214. The SMILES string of the molecule is Cn1cc(N2CCN(Cc3cccnc3Cl)S2(=O)=O)cn1. The highest BCUT2D eigenvalue weighted by atomic mass is 35.5. The molecule has 0 atom stereocenters. The molecule has 9 heteroatoms. The summed E-state index contributed by atoms with van der Waals surface area (Å²) in [5.41, 5.74) is 1.26. The third-order valence-corrected chi connectivity index (χ3v) is 5.57. The van der Waals surface area contributed by atoms with Gasteiger partial charge in [0.25, 0.3) is 0 Å². The molecular weight excluding hydrogens is 314 g/mol. The maximum absolute atomic E-state index is 12.6. The first-order valence-electron chi connectivity index (χ1n) is 6.34. The van der Waals surface area contributed by atoms with Gasteiger partial charge >= 0.3 is 10.2 Å². The molecule has 0 unspecified atom stereocenters. The van der Waals surface area contributed by atoms with E-state index in [1.807, 2.05) is 0 Å². The molecule has 1 saturated heterocycles. The molecule has 0 amide bonds. The Morgan fingerprint density at radius 3 is 2.86 bits per heavy atom. The lowest BCUT2D eigenvalue weighted by atomic mass is 10.3. The molecule has 3 rings (SSSR count). The highest BCUT2D eigenvalue weighted by Gasteiger charge is 2.37. The quantitative estimate of drug-likeness (QED) is 0.790. The van der Waals surface area contributed by atoms with Gasteiger partial charge in [-0.15, -0.1) is 0 Å². The van der Waals surface area contributed by atoms with E-state index in [1.165, 1.54) is 14.8 Å². The second kappa shape index (κ2) is 5.28. The van der Waals surface area contributed by atoms with Crippen molar-refractivity contribution < 1.29 is 8.42 Å². The highest BCUT2D eigenvalue weighted by Crippen LogP contribution is 2.26. The lowest BCUT2D eigenvalue weighted by Crippen LogP contribution is -2.32. The van der Waals surface area contributed by atoms with Gasteiger partial charge in [-0.25, -0.2) is 4.98 Å². The summed E-state index contributed by atoms with van der Waals surface area (Å²) in [5, 5.41) is 4.34. The van der Waals surface area contributed by atoms with E-state index in [-0.39, 0.29) is 6.54 Å². The fourth-order valence-corrected chi connectivity index (χ4v) is 4.01. The van der Waals surface area contributed by atoms with Crippen molar-refractivity contribution in [2.75, 3.05) is 17.4 Å². The van der Waals surface area contributed by atoms with E-state index in [4.69, 9.17) is 11.6 Å². The van der Waals surface area contributed by atoms with Gasteiger partial charge in [-0.1, -0.05) is 17.7 Å². The number of rotatable bonds is 3. The number of anilines is 1. The summed E-state index contributed by atoms with van der Waals surface area (Å²) in [7, 11) is -1.81. The van der Waals surface area contributed by atoms with Gasteiger partial charge < -0.3 is 0 Å². The number of halogens is 1. The number of aromatic nitrogens is 3. The fraction of sp³-hybridized carbons (Fsp3) is 0.333. The van der Waals surface area contributed by atoms with Crippen LogP contribution in [0.5, 0.6) is 0 Å². The molecule has 112 valence electrons. The molecule has 0 N–H and O–H groups in total. The first-order valence-corrected chi connectivity index (χ1v) is 8.12. The zero-order chi connectivity index (χ0) is 15.0. The number of nitrogens with zero attached hydrogens (tertiary/aromatic N) is 5. The number of pyridine rings is 1. The zero-order valence-corrected chi connectivity index (χ0v) is 12.9. The van der Waals surface area contributed by atoms with Crippen LogP contribution in [-0.4, -0.2) is 40.6 Å². The van der Waals surface area contributed by atoms with E-state index in [0.717, 1.165) is 0 Å². The summed E-state index contributed by atoms with van der Waals surface area (Å²) in [6, 6.07) is 3.51. The normalized spacial score (nSPS) is 18.3. The van der Waals surface area contributed by atoms with Gasteiger partial charge in [0.2, 0.25) is 0 Å².